The van der Waals surface area contributed by atoms with Gasteiger partial charge in [0.2, 0.25) is 0 Å². The molecule has 0 radical (unpaired) electrons. The first-order valence-corrected chi connectivity index (χ1v) is 6.70. The van der Waals surface area contributed by atoms with Crippen molar-refractivity contribution in [3.8, 4) is 0 Å². The summed E-state index contributed by atoms with van der Waals surface area (Å²) in [4.78, 5) is 11.4. The molecule has 1 unspecified atom stereocenters. The molecule has 112 valence electrons. The molecule has 0 saturated heterocycles. The van der Waals surface area contributed by atoms with Gasteiger partial charge in [0.1, 0.15) is 0 Å². The SMILES string of the molecule is CCOC(=O)C(F)(F)C(O)(CC)c1ccc(CC)cc1. The third-order valence-electron chi connectivity index (χ3n) is 3.40. The highest BCUT2D eigenvalue weighted by Crippen LogP contribution is 2.41. The minimum atomic E-state index is -3.99. The molecule has 1 aromatic rings. The van der Waals surface area contributed by atoms with Crippen LogP contribution in [0.1, 0.15) is 38.3 Å². The van der Waals surface area contributed by atoms with Gasteiger partial charge in [-0.3, -0.25) is 0 Å². The van der Waals surface area contributed by atoms with Gasteiger partial charge in [0.15, 0.2) is 5.60 Å². The van der Waals surface area contributed by atoms with Crippen LogP contribution in [0.25, 0.3) is 0 Å². The van der Waals surface area contributed by atoms with Crippen LogP contribution in [0.4, 0.5) is 8.78 Å². The lowest BCUT2D eigenvalue weighted by Gasteiger charge is -2.33. The summed E-state index contributed by atoms with van der Waals surface area (Å²) < 4.78 is 32.8. The number of carbonyl (C=O) groups is 1. The lowest BCUT2D eigenvalue weighted by atomic mass is 9.84. The van der Waals surface area contributed by atoms with E-state index in [0.29, 0.717) is 0 Å². The molecule has 0 aliphatic carbocycles. The average molecular weight is 286 g/mol. The number of ether oxygens (including phenoxy) is 1. The fourth-order valence-corrected chi connectivity index (χ4v) is 2.01. The van der Waals surface area contributed by atoms with E-state index in [-0.39, 0.29) is 18.6 Å². The Kier molecular flexibility index (Phi) is 5.22. The summed E-state index contributed by atoms with van der Waals surface area (Å²) in [7, 11) is 0. The number of benzene rings is 1. The Hall–Kier alpha value is -1.49. The quantitative estimate of drug-likeness (QED) is 0.818. The van der Waals surface area contributed by atoms with Gasteiger partial charge in [0.25, 0.3) is 0 Å². The standard InChI is InChI=1S/C15H20F2O3/c1-4-11-7-9-12(10-8-11)14(19,5-2)15(16,17)13(18)20-6-3/h7-10,19H,4-6H2,1-3H3. The van der Waals surface area contributed by atoms with Crippen LogP contribution < -0.4 is 0 Å². The number of aryl methyl sites for hydroxylation is 1. The first kappa shape index (κ1) is 16.6. The van der Waals surface area contributed by atoms with Crippen LogP contribution in [-0.4, -0.2) is 23.6 Å². The molecule has 1 N–H and O–H groups in total. The zero-order valence-electron chi connectivity index (χ0n) is 12.0. The molecule has 1 aromatic carbocycles. The summed E-state index contributed by atoms with van der Waals surface area (Å²) in [5, 5.41) is 10.3. The molecule has 0 aromatic heterocycles. The molecule has 0 saturated carbocycles. The van der Waals surface area contributed by atoms with Crippen molar-refractivity contribution in [3.05, 3.63) is 35.4 Å². The minimum Gasteiger partial charge on any atom is -0.461 e. The number of alkyl halides is 2. The Morgan fingerprint density at radius 1 is 1.20 bits per heavy atom. The molecule has 1 rings (SSSR count). The predicted octanol–water partition coefficient (Wildman–Crippen LogP) is 3.05. The highest BCUT2D eigenvalue weighted by molar-refractivity contribution is 5.79. The third kappa shape index (κ3) is 2.82. The van der Waals surface area contributed by atoms with Gasteiger partial charge < -0.3 is 9.84 Å². The van der Waals surface area contributed by atoms with E-state index < -0.39 is 17.5 Å². The van der Waals surface area contributed by atoms with Crippen LogP contribution in [-0.2, 0) is 21.6 Å². The van der Waals surface area contributed by atoms with Crippen molar-refractivity contribution in [3.63, 3.8) is 0 Å². The summed E-state index contributed by atoms with van der Waals surface area (Å²) in [6, 6.07) is 6.18. The first-order valence-electron chi connectivity index (χ1n) is 6.70. The van der Waals surface area contributed by atoms with Gasteiger partial charge in [-0.25, -0.2) is 4.79 Å². The maximum Gasteiger partial charge on any atom is 0.380 e. The van der Waals surface area contributed by atoms with E-state index in [0.717, 1.165) is 12.0 Å². The smallest absolute Gasteiger partial charge is 0.380 e. The van der Waals surface area contributed by atoms with Crippen molar-refractivity contribution in [2.45, 2.75) is 45.1 Å². The fourth-order valence-electron chi connectivity index (χ4n) is 2.01. The van der Waals surface area contributed by atoms with Gasteiger partial charge in [-0.05, 0) is 30.9 Å². The minimum absolute atomic E-state index is 0.00949. The summed E-state index contributed by atoms with van der Waals surface area (Å²) >= 11 is 0. The number of esters is 1. The number of halogens is 2. The first-order chi connectivity index (χ1) is 9.33. The van der Waals surface area contributed by atoms with E-state index in [1.54, 1.807) is 12.1 Å². The number of carbonyl (C=O) groups excluding carboxylic acids is 1. The number of rotatable bonds is 6. The predicted molar refractivity (Wildman–Crippen MR) is 71.6 cm³/mol. The molecule has 0 amide bonds. The van der Waals surface area contributed by atoms with E-state index in [9.17, 15) is 18.7 Å². The number of aliphatic hydroxyl groups is 1. The summed E-state index contributed by atoms with van der Waals surface area (Å²) in [6.07, 6.45) is 0.462. The summed E-state index contributed by atoms with van der Waals surface area (Å²) in [5.74, 6) is -5.70. The molecule has 0 bridgehead atoms. The summed E-state index contributed by atoms with van der Waals surface area (Å²) in [5.41, 5.74) is -1.59. The molecule has 0 heterocycles. The molecule has 5 heteroatoms. The van der Waals surface area contributed by atoms with Crippen LogP contribution in [0.3, 0.4) is 0 Å². The zero-order valence-corrected chi connectivity index (χ0v) is 12.0. The van der Waals surface area contributed by atoms with Gasteiger partial charge in [-0.15, -0.1) is 0 Å². The lowest BCUT2D eigenvalue weighted by Crippen LogP contribution is -2.51. The second kappa shape index (κ2) is 6.31. The Morgan fingerprint density at radius 3 is 2.15 bits per heavy atom. The molecule has 1 atom stereocenters. The van der Waals surface area contributed by atoms with Gasteiger partial charge in [-0.2, -0.15) is 8.78 Å². The third-order valence-corrected chi connectivity index (χ3v) is 3.40. The Bertz CT molecular complexity index is 457. The Morgan fingerprint density at radius 2 is 1.75 bits per heavy atom. The lowest BCUT2D eigenvalue weighted by molar-refractivity contribution is -0.218. The van der Waals surface area contributed by atoms with Crippen LogP contribution in [0.5, 0.6) is 0 Å². The molecule has 3 nitrogen and oxygen atoms in total. The van der Waals surface area contributed by atoms with Gasteiger partial charge in [-0.1, -0.05) is 38.1 Å². The fraction of sp³-hybridized carbons (Fsp3) is 0.533. The van der Waals surface area contributed by atoms with Crippen molar-refractivity contribution < 1.29 is 23.4 Å². The molecule has 0 aliphatic heterocycles. The van der Waals surface area contributed by atoms with E-state index in [1.165, 1.54) is 26.0 Å². The topological polar surface area (TPSA) is 46.5 Å². The molecule has 0 spiro atoms. The molecular formula is C15H20F2O3. The van der Waals surface area contributed by atoms with Crippen LogP contribution in [0, 0.1) is 0 Å². The Labute approximate surface area is 117 Å². The second-order valence-corrected chi connectivity index (χ2v) is 4.56. The average Bonchev–Trinajstić information content (AvgIpc) is 2.46. The van der Waals surface area contributed by atoms with Crippen LogP contribution >= 0.6 is 0 Å². The molecule has 0 aliphatic rings. The van der Waals surface area contributed by atoms with E-state index in [2.05, 4.69) is 4.74 Å². The number of hydrogen-bond acceptors (Lipinski definition) is 3. The molecule has 0 fully saturated rings. The van der Waals surface area contributed by atoms with Crippen molar-refractivity contribution in [1.29, 1.82) is 0 Å². The maximum atomic E-state index is 14.2. The highest BCUT2D eigenvalue weighted by atomic mass is 19.3. The summed E-state index contributed by atoms with van der Waals surface area (Å²) in [6.45, 7) is 4.62. The molecule has 20 heavy (non-hydrogen) atoms. The van der Waals surface area contributed by atoms with Gasteiger partial charge >= 0.3 is 11.9 Å². The highest BCUT2D eigenvalue weighted by Gasteiger charge is 2.59. The van der Waals surface area contributed by atoms with Gasteiger partial charge in [0.05, 0.1) is 6.61 Å². The van der Waals surface area contributed by atoms with Crippen molar-refractivity contribution in [1.82, 2.24) is 0 Å². The zero-order chi connectivity index (χ0) is 15.4. The van der Waals surface area contributed by atoms with E-state index in [4.69, 9.17) is 0 Å². The van der Waals surface area contributed by atoms with Crippen molar-refractivity contribution in [2.24, 2.45) is 0 Å². The van der Waals surface area contributed by atoms with Crippen LogP contribution in [0.2, 0.25) is 0 Å². The monoisotopic (exact) mass is 286 g/mol. The van der Waals surface area contributed by atoms with E-state index >= 15 is 0 Å². The van der Waals surface area contributed by atoms with Crippen molar-refractivity contribution in [2.75, 3.05) is 6.61 Å². The van der Waals surface area contributed by atoms with Crippen LogP contribution in [0.15, 0.2) is 24.3 Å². The van der Waals surface area contributed by atoms with Gasteiger partial charge in [0, 0.05) is 0 Å². The number of hydrogen-bond donors (Lipinski definition) is 1. The molecular weight excluding hydrogens is 266 g/mol. The maximum absolute atomic E-state index is 14.2. The normalized spacial score (nSPS) is 14.7. The largest absolute Gasteiger partial charge is 0.461 e. The second-order valence-electron chi connectivity index (χ2n) is 4.56. The van der Waals surface area contributed by atoms with Crippen molar-refractivity contribution >= 4 is 5.97 Å². The van der Waals surface area contributed by atoms with E-state index in [1.807, 2.05) is 6.92 Å². The Balaban J connectivity index is 3.20.